The van der Waals surface area contributed by atoms with Gasteiger partial charge in [0.15, 0.2) is 0 Å². The van der Waals surface area contributed by atoms with E-state index in [9.17, 15) is 0 Å². The molecule has 2 N–H and O–H groups in total. The number of benzene rings is 1. The molecule has 3 nitrogen and oxygen atoms in total. The molecule has 1 aromatic carbocycles. The Kier molecular flexibility index (Phi) is 4.97. The summed E-state index contributed by atoms with van der Waals surface area (Å²) in [4.78, 5) is 4.78. The van der Waals surface area contributed by atoms with Crippen LogP contribution in [-0.2, 0) is 20.0 Å². The number of fused-ring (bicyclic) bond motifs is 1. The normalized spacial score (nSPS) is 11.3. The van der Waals surface area contributed by atoms with Gasteiger partial charge in [-0.25, -0.2) is 4.98 Å². The lowest BCUT2D eigenvalue weighted by Crippen LogP contribution is -1.97. The first-order valence-electron chi connectivity index (χ1n) is 7.41. The summed E-state index contributed by atoms with van der Waals surface area (Å²) >= 11 is 0. The molecule has 0 atom stereocenters. The Morgan fingerprint density at radius 2 is 1.95 bits per heavy atom. The van der Waals surface area contributed by atoms with Crippen LogP contribution >= 0.6 is 0 Å². The Labute approximate surface area is 115 Å². The van der Waals surface area contributed by atoms with Gasteiger partial charge in [0.05, 0.1) is 11.0 Å². The number of aromatic nitrogens is 2. The van der Waals surface area contributed by atoms with Crippen molar-refractivity contribution in [3.05, 3.63) is 29.6 Å². The molecule has 2 aromatic rings. The molecule has 0 saturated heterocycles. The summed E-state index contributed by atoms with van der Waals surface area (Å²) in [6, 6.07) is 6.26. The molecule has 0 bridgehead atoms. The molecular formula is C16H25N3. The van der Waals surface area contributed by atoms with E-state index in [1.165, 1.54) is 43.4 Å². The second-order valence-corrected chi connectivity index (χ2v) is 5.24. The number of nitrogens with two attached hydrogens (primary N) is 1. The SMILES string of the molecule is CCCCCCCc1nc2c(CN)cccc2n1C. The number of hydrogen-bond donors (Lipinski definition) is 1. The fourth-order valence-electron chi connectivity index (χ4n) is 2.60. The first-order valence-corrected chi connectivity index (χ1v) is 7.41. The maximum atomic E-state index is 5.78. The molecule has 0 radical (unpaired) electrons. The van der Waals surface area contributed by atoms with Crippen molar-refractivity contribution in [2.75, 3.05) is 0 Å². The molecule has 0 fully saturated rings. The fraction of sp³-hybridized carbons (Fsp3) is 0.562. The van der Waals surface area contributed by atoms with Crippen molar-refractivity contribution < 1.29 is 0 Å². The van der Waals surface area contributed by atoms with Gasteiger partial charge < -0.3 is 10.3 Å². The molecule has 19 heavy (non-hydrogen) atoms. The van der Waals surface area contributed by atoms with E-state index < -0.39 is 0 Å². The van der Waals surface area contributed by atoms with E-state index in [4.69, 9.17) is 10.7 Å². The summed E-state index contributed by atoms with van der Waals surface area (Å²) in [5.74, 6) is 1.19. The van der Waals surface area contributed by atoms with Crippen LogP contribution in [0.5, 0.6) is 0 Å². The van der Waals surface area contributed by atoms with Crippen molar-refractivity contribution in [2.45, 2.75) is 52.0 Å². The van der Waals surface area contributed by atoms with Gasteiger partial charge in [-0.2, -0.15) is 0 Å². The average molecular weight is 259 g/mol. The van der Waals surface area contributed by atoms with Crippen molar-refractivity contribution in [3.63, 3.8) is 0 Å². The van der Waals surface area contributed by atoms with Crippen molar-refractivity contribution >= 4 is 11.0 Å². The maximum absolute atomic E-state index is 5.78. The quantitative estimate of drug-likeness (QED) is 0.773. The molecule has 0 aliphatic carbocycles. The van der Waals surface area contributed by atoms with Crippen LogP contribution in [0.15, 0.2) is 18.2 Å². The number of aryl methyl sites for hydroxylation is 2. The highest BCUT2D eigenvalue weighted by molar-refractivity contribution is 5.79. The Morgan fingerprint density at radius 1 is 1.16 bits per heavy atom. The van der Waals surface area contributed by atoms with Crippen LogP contribution in [0.2, 0.25) is 0 Å². The monoisotopic (exact) mass is 259 g/mol. The largest absolute Gasteiger partial charge is 0.331 e. The molecule has 0 saturated carbocycles. The van der Waals surface area contributed by atoms with Gasteiger partial charge in [-0.15, -0.1) is 0 Å². The van der Waals surface area contributed by atoms with Crippen LogP contribution in [0.25, 0.3) is 11.0 Å². The first-order chi connectivity index (χ1) is 9.27. The van der Waals surface area contributed by atoms with Gasteiger partial charge in [0.2, 0.25) is 0 Å². The van der Waals surface area contributed by atoms with Gasteiger partial charge in [0.25, 0.3) is 0 Å². The van der Waals surface area contributed by atoms with E-state index in [0.29, 0.717) is 6.54 Å². The number of nitrogens with zero attached hydrogens (tertiary/aromatic N) is 2. The van der Waals surface area contributed by atoms with Crippen LogP contribution in [0.3, 0.4) is 0 Å². The predicted molar refractivity (Wildman–Crippen MR) is 81.1 cm³/mol. The minimum absolute atomic E-state index is 0.560. The second kappa shape index (κ2) is 6.71. The van der Waals surface area contributed by atoms with E-state index in [0.717, 1.165) is 17.5 Å². The van der Waals surface area contributed by atoms with Gasteiger partial charge in [-0.1, -0.05) is 44.7 Å². The van der Waals surface area contributed by atoms with E-state index in [-0.39, 0.29) is 0 Å². The van der Waals surface area contributed by atoms with Crippen LogP contribution in [0.4, 0.5) is 0 Å². The Bertz CT molecular complexity index is 528. The number of para-hydroxylation sites is 1. The van der Waals surface area contributed by atoms with Gasteiger partial charge in [0, 0.05) is 20.0 Å². The maximum Gasteiger partial charge on any atom is 0.109 e. The molecule has 104 valence electrons. The number of hydrogen-bond acceptors (Lipinski definition) is 2. The highest BCUT2D eigenvalue weighted by atomic mass is 15.1. The van der Waals surface area contributed by atoms with Crippen LogP contribution in [-0.4, -0.2) is 9.55 Å². The smallest absolute Gasteiger partial charge is 0.109 e. The summed E-state index contributed by atoms with van der Waals surface area (Å²) < 4.78 is 2.22. The topological polar surface area (TPSA) is 43.8 Å². The van der Waals surface area contributed by atoms with E-state index in [1.807, 2.05) is 0 Å². The molecule has 0 spiro atoms. The zero-order chi connectivity index (χ0) is 13.7. The van der Waals surface area contributed by atoms with E-state index in [1.54, 1.807) is 0 Å². The number of unbranched alkanes of at least 4 members (excludes halogenated alkanes) is 4. The van der Waals surface area contributed by atoms with Crippen molar-refractivity contribution in [3.8, 4) is 0 Å². The lowest BCUT2D eigenvalue weighted by molar-refractivity contribution is 0.616. The van der Waals surface area contributed by atoms with Gasteiger partial charge in [0.1, 0.15) is 5.82 Å². The number of imidazole rings is 1. The van der Waals surface area contributed by atoms with Gasteiger partial charge in [-0.3, -0.25) is 0 Å². The summed E-state index contributed by atoms with van der Waals surface area (Å²) in [6.07, 6.45) is 7.59. The minimum Gasteiger partial charge on any atom is -0.331 e. The fourth-order valence-corrected chi connectivity index (χ4v) is 2.60. The molecule has 1 aromatic heterocycles. The molecule has 0 amide bonds. The Morgan fingerprint density at radius 3 is 2.68 bits per heavy atom. The molecule has 2 rings (SSSR count). The lowest BCUT2D eigenvalue weighted by atomic mass is 10.1. The third kappa shape index (κ3) is 3.16. The van der Waals surface area contributed by atoms with Crippen LogP contribution in [0, 0.1) is 0 Å². The minimum atomic E-state index is 0.560. The zero-order valence-corrected chi connectivity index (χ0v) is 12.2. The van der Waals surface area contributed by atoms with E-state index in [2.05, 4.69) is 36.7 Å². The summed E-state index contributed by atoms with van der Waals surface area (Å²) in [5.41, 5.74) is 9.20. The van der Waals surface area contributed by atoms with Crippen molar-refractivity contribution in [2.24, 2.45) is 12.8 Å². The summed E-state index contributed by atoms with van der Waals surface area (Å²) in [6.45, 7) is 2.81. The third-order valence-electron chi connectivity index (χ3n) is 3.81. The standard InChI is InChI=1S/C16H25N3/c1-3-4-5-6-7-11-15-18-16-13(12-17)9-8-10-14(16)19(15)2/h8-10H,3-7,11-12,17H2,1-2H3. The third-order valence-corrected chi connectivity index (χ3v) is 3.81. The second-order valence-electron chi connectivity index (χ2n) is 5.24. The molecule has 0 aliphatic rings. The Balaban J connectivity index is 2.09. The average Bonchev–Trinajstić information content (AvgIpc) is 2.76. The molecule has 0 aliphatic heterocycles. The molecule has 3 heteroatoms. The molecule has 1 heterocycles. The van der Waals surface area contributed by atoms with Gasteiger partial charge in [-0.05, 0) is 18.1 Å². The van der Waals surface area contributed by atoms with Crippen LogP contribution < -0.4 is 5.73 Å². The van der Waals surface area contributed by atoms with Gasteiger partial charge >= 0.3 is 0 Å². The lowest BCUT2D eigenvalue weighted by Gasteiger charge is -2.02. The predicted octanol–water partition coefficient (Wildman–Crippen LogP) is 3.54. The van der Waals surface area contributed by atoms with Crippen LogP contribution in [0.1, 0.15) is 50.4 Å². The first kappa shape index (κ1) is 14.1. The summed E-state index contributed by atoms with van der Waals surface area (Å²) in [7, 11) is 2.11. The van der Waals surface area contributed by atoms with Crippen molar-refractivity contribution in [1.82, 2.24) is 9.55 Å². The molecular weight excluding hydrogens is 234 g/mol. The Hall–Kier alpha value is -1.35. The summed E-state index contributed by atoms with van der Waals surface area (Å²) in [5, 5.41) is 0. The number of rotatable bonds is 7. The van der Waals surface area contributed by atoms with Crippen molar-refractivity contribution in [1.29, 1.82) is 0 Å². The zero-order valence-electron chi connectivity index (χ0n) is 12.2. The van der Waals surface area contributed by atoms with E-state index >= 15 is 0 Å². The highest BCUT2D eigenvalue weighted by Gasteiger charge is 2.09. The highest BCUT2D eigenvalue weighted by Crippen LogP contribution is 2.20. The molecule has 0 unspecified atom stereocenters.